The lowest BCUT2D eigenvalue weighted by Crippen LogP contribution is -2.51. The maximum absolute atomic E-state index is 13.9. The Hall–Kier alpha value is -7.03. The van der Waals surface area contributed by atoms with Gasteiger partial charge in [0.15, 0.2) is 0 Å². The van der Waals surface area contributed by atoms with E-state index in [0.29, 0.717) is 30.3 Å². The zero-order chi connectivity index (χ0) is 43.3. The predicted molar refractivity (Wildman–Crippen MR) is 233 cm³/mol. The number of pyridine rings is 1. The second kappa shape index (κ2) is 18.3. The van der Waals surface area contributed by atoms with Crippen LogP contribution in [-0.2, 0) is 19.1 Å². The Morgan fingerprint density at radius 3 is 1.94 bits per heavy atom. The fraction of sp³-hybridized carbons (Fsp3) is 0.340. The van der Waals surface area contributed by atoms with Crippen LogP contribution in [0.15, 0.2) is 97.3 Å². The first-order valence-corrected chi connectivity index (χ1v) is 21.1. The number of fused-ring (bicyclic) bond motifs is 1. The first-order valence-electron chi connectivity index (χ1n) is 21.1. The molecule has 2 aliphatic heterocycles. The number of ether oxygens (including phenoxy) is 2. The van der Waals surface area contributed by atoms with Crippen LogP contribution in [0.25, 0.3) is 44.7 Å². The number of H-pyrrole nitrogens is 2. The average molecular weight is 838 g/mol. The smallest absolute Gasteiger partial charge is 0.407 e. The third kappa shape index (κ3) is 8.60. The summed E-state index contributed by atoms with van der Waals surface area (Å²) in [5, 5.41) is 6.44. The summed E-state index contributed by atoms with van der Waals surface area (Å²) in [7, 11) is 2.58. The van der Waals surface area contributed by atoms with Gasteiger partial charge in [-0.25, -0.2) is 24.5 Å². The zero-order valence-corrected chi connectivity index (χ0v) is 35.3. The van der Waals surface area contributed by atoms with Gasteiger partial charge in [-0.3, -0.25) is 9.59 Å². The van der Waals surface area contributed by atoms with Gasteiger partial charge in [-0.05, 0) is 60.9 Å². The highest BCUT2D eigenvalue weighted by Crippen LogP contribution is 2.36. The number of carbonyl (C=O) groups excluding carboxylic acids is 4. The van der Waals surface area contributed by atoms with E-state index in [2.05, 4.69) is 32.7 Å². The van der Waals surface area contributed by atoms with Crippen molar-refractivity contribution in [2.24, 2.45) is 5.92 Å². The first kappa shape index (κ1) is 41.7. The molecular weight excluding hydrogens is 787 g/mol. The fourth-order valence-corrected chi connectivity index (χ4v) is 8.53. The van der Waals surface area contributed by atoms with Gasteiger partial charge < -0.3 is 39.9 Å². The van der Waals surface area contributed by atoms with Gasteiger partial charge in [0.05, 0.1) is 61.3 Å². The van der Waals surface area contributed by atoms with Crippen molar-refractivity contribution in [1.29, 1.82) is 0 Å². The van der Waals surface area contributed by atoms with E-state index in [-0.39, 0.29) is 29.8 Å². The molecule has 2 aliphatic rings. The van der Waals surface area contributed by atoms with E-state index < -0.39 is 24.3 Å². The number of hydrogen-bond acceptors (Lipinski definition) is 9. The maximum atomic E-state index is 13.9. The summed E-state index contributed by atoms with van der Waals surface area (Å²) in [6.07, 6.45) is 6.20. The van der Waals surface area contributed by atoms with E-state index >= 15 is 0 Å². The molecule has 5 heterocycles. The highest BCUT2D eigenvalue weighted by atomic mass is 16.5. The van der Waals surface area contributed by atoms with Crippen molar-refractivity contribution in [3.63, 3.8) is 0 Å². The third-order valence-corrected chi connectivity index (χ3v) is 12.2. The lowest BCUT2D eigenvalue weighted by molar-refractivity contribution is -0.136. The molecule has 0 aliphatic carbocycles. The van der Waals surface area contributed by atoms with Crippen LogP contribution in [0, 0.1) is 5.92 Å². The standard InChI is InChI=1S/C47H51N9O6/c1-5-28(2)40(53-46(59)61-3)44(57)55-23-9-13-38(55)43-49-27-37(52-43)33-20-22-35-32(25-33)19-21-34(50-35)29-15-17-30(18-16-29)36-26-48-42(51-36)39-14-10-24-56(39)45(58)41(54-47(60)62-4)31-11-7-6-8-12-31/h6-8,11-12,15-22,25-28,38-41H,5,9-10,13-14,23-24H2,1-4H3,(H,48,51)(H,49,52)(H,53,59)(H,54,60). The van der Waals surface area contributed by atoms with Gasteiger partial charge in [-0.1, -0.05) is 87.0 Å². The number of nitrogens with one attached hydrogen (secondary N) is 4. The van der Waals surface area contributed by atoms with Gasteiger partial charge in [0, 0.05) is 29.6 Å². The van der Waals surface area contributed by atoms with Crippen molar-refractivity contribution in [2.45, 2.75) is 70.1 Å². The number of hydrogen-bond donors (Lipinski definition) is 4. The van der Waals surface area contributed by atoms with Gasteiger partial charge in [-0.2, -0.15) is 0 Å². The number of carbonyl (C=O) groups is 4. The topological polar surface area (TPSA) is 188 Å². The Balaban J connectivity index is 0.942. The van der Waals surface area contributed by atoms with Gasteiger partial charge in [-0.15, -0.1) is 0 Å². The zero-order valence-electron chi connectivity index (χ0n) is 35.3. The summed E-state index contributed by atoms with van der Waals surface area (Å²) in [5.74, 6) is 0.997. The van der Waals surface area contributed by atoms with Crippen molar-refractivity contribution < 1.29 is 28.7 Å². The van der Waals surface area contributed by atoms with Gasteiger partial charge in [0.25, 0.3) is 5.91 Å². The summed E-state index contributed by atoms with van der Waals surface area (Å²) in [6.45, 7) is 5.09. The molecule has 3 aromatic carbocycles. The molecule has 320 valence electrons. The van der Waals surface area contributed by atoms with E-state index in [1.807, 2.05) is 91.5 Å². The van der Waals surface area contributed by atoms with Crippen LogP contribution in [0.1, 0.15) is 81.3 Å². The van der Waals surface area contributed by atoms with Gasteiger partial charge >= 0.3 is 12.2 Å². The second-order valence-corrected chi connectivity index (χ2v) is 15.9. The first-order chi connectivity index (χ1) is 30.1. The molecule has 4 amide bonds. The highest BCUT2D eigenvalue weighted by molar-refractivity contribution is 5.88. The minimum atomic E-state index is -0.886. The van der Waals surface area contributed by atoms with Crippen LogP contribution in [0.3, 0.4) is 0 Å². The summed E-state index contributed by atoms with van der Waals surface area (Å²) in [6, 6.07) is 25.4. The molecule has 8 rings (SSSR count). The molecule has 5 unspecified atom stereocenters. The summed E-state index contributed by atoms with van der Waals surface area (Å²) >= 11 is 0. The molecule has 3 aromatic heterocycles. The van der Waals surface area contributed by atoms with Crippen LogP contribution in [-0.4, -0.2) is 92.1 Å². The van der Waals surface area contributed by atoms with Crippen molar-refractivity contribution in [3.8, 4) is 33.8 Å². The molecule has 62 heavy (non-hydrogen) atoms. The number of benzene rings is 3. The van der Waals surface area contributed by atoms with Crippen molar-refractivity contribution in [3.05, 3.63) is 115 Å². The quantitative estimate of drug-likeness (QED) is 0.0951. The predicted octanol–water partition coefficient (Wildman–Crippen LogP) is 7.88. The Kier molecular flexibility index (Phi) is 12.3. The van der Waals surface area contributed by atoms with Crippen molar-refractivity contribution >= 4 is 34.9 Å². The van der Waals surface area contributed by atoms with Crippen LogP contribution < -0.4 is 10.6 Å². The number of alkyl carbamates (subject to hydrolysis) is 2. The summed E-state index contributed by atoms with van der Waals surface area (Å²) < 4.78 is 9.64. The Morgan fingerprint density at radius 2 is 1.31 bits per heavy atom. The molecule has 0 spiro atoms. The van der Waals surface area contributed by atoms with Crippen LogP contribution in [0.5, 0.6) is 0 Å². The lowest BCUT2D eigenvalue weighted by Gasteiger charge is -2.30. The number of aromatic amines is 2. The molecular formula is C47H51N9O6. The largest absolute Gasteiger partial charge is 0.453 e. The molecule has 15 nitrogen and oxygen atoms in total. The van der Waals surface area contributed by atoms with Crippen molar-refractivity contribution in [1.82, 2.24) is 45.4 Å². The van der Waals surface area contributed by atoms with E-state index in [0.717, 1.165) is 76.8 Å². The van der Waals surface area contributed by atoms with E-state index in [9.17, 15) is 19.2 Å². The van der Waals surface area contributed by atoms with Crippen molar-refractivity contribution in [2.75, 3.05) is 27.3 Å². The number of rotatable bonds is 12. The Labute approximate surface area is 359 Å². The monoisotopic (exact) mass is 837 g/mol. The number of methoxy groups -OCH3 is 2. The number of imidazole rings is 2. The molecule has 0 bridgehead atoms. The minimum Gasteiger partial charge on any atom is -0.453 e. The van der Waals surface area contributed by atoms with Gasteiger partial charge in [0.2, 0.25) is 5.91 Å². The number of amides is 4. The number of likely N-dealkylation sites (tertiary alicyclic amines) is 2. The molecule has 0 radical (unpaired) electrons. The Morgan fingerprint density at radius 1 is 0.726 bits per heavy atom. The van der Waals surface area contributed by atoms with E-state index in [1.54, 1.807) is 17.3 Å². The SMILES string of the molecule is CCC(C)C(NC(=O)OC)C(=O)N1CCCC1c1ncc(-c2ccc3nc(-c4ccc(-c5cnc(C6CCCN6C(=O)C(NC(=O)OC)c6ccccc6)[nH]5)cc4)ccc3c2)[nH]1. The molecule has 6 aromatic rings. The molecule has 2 saturated heterocycles. The maximum Gasteiger partial charge on any atom is 0.407 e. The van der Waals surface area contributed by atoms with Gasteiger partial charge in [0.1, 0.15) is 23.7 Å². The average Bonchev–Trinajstić information content (AvgIpc) is 4.17. The summed E-state index contributed by atoms with van der Waals surface area (Å²) in [5.41, 5.74) is 6.89. The highest BCUT2D eigenvalue weighted by Gasteiger charge is 2.39. The number of aromatic nitrogens is 5. The summed E-state index contributed by atoms with van der Waals surface area (Å²) in [4.78, 5) is 76.9. The molecule has 5 atom stereocenters. The lowest BCUT2D eigenvalue weighted by atomic mass is 9.97. The molecule has 2 fully saturated rings. The molecule has 15 heteroatoms. The second-order valence-electron chi connectivity index (χ2n) is 15.9. The van der Waals surface area contributed by atoms with Crippen LogP contribution in [0.2, 0.25) is 0 Å². The molecule has 4 N–H and O–H groups in total. The number of nitrogens with zero attached hydrogens (tertiary/aromatic N) is 5. The Bertz CT molecular complexity index is 2560. The minimum absolute atomic E-state index is 0.0630. The molecule has 0 saturated carbocycles. The normalized spacial score (nSPS) is 17.7. The third-order valence-electron chi connectivity index (χ3n) is 12.2. The van der Waals surface area contributed by atoms with E-state index in [1.165, 1.54) is 14.2 Å². The van der Waals surface area contributed by atoms with Crippen LogP contribution >= 0.6 is 0 Å². The fourth-order valence-electron chi connectivity index (χ4n) is 8.53. The van der Waals surface area contributed by atoms with Crippen LogP contribution in [0.4, 0.5) is 9.59 Å². The van der Waals surface area contributed by atoms with E-state index in [4.69, 9.17) is 24.4 Å².